The van der Waals surface area contributed by atoms with E-state index >= 15 is 0 Å². The van der Waals surface area contributed by atoms with Crippen molar-refractivity contribution < 1.29 is 34.4 Å². The van der Waals surface area contributed by atoms with E-state index in [1.807, 2.05) is 46.8 Å². The van der Waals surface area contributed by atoms with Crippen molar-refractivity contribution in [1.82, 2.24) is 0 Å². The second kappa shape index (κ2) is 12.5. The van der Waals surface area contributed by atoms with Crippen molar-refractivity contribution in [2.45, 2.75) is 104 Å². The molecule has 0 bridgehead atoms. The van der Waals surface area contributed by atoms with Gasteiger partial charge in [-0.1, -0.05) is 37.8 Å². The Kier molecular flexibility index (Phi) is 10.4. The monoisotopic (exact) mass is 478 g/mol. The Hall–Kier alpha value is -2.12. The van der Waals surface area contributed by atoms with Crippen LogP contribution in [0.5, 0.6) is 5.75 Å². The van der Waals surface area contributed by atoms with Crippen LogP contribution in [-0.2, 0) is 14.3 Å². The summed E-state index contributed by atoms with van der Waals surface area (Å²) in [6.07, 6.45) is 2.83. The van der Waals surface area contributed by atoms with Crippen LogP contribution >= 0.6 is 0 Å². The van der Waals surface area contributed by atoms with E-state index in [4.69, 9.17) is 14.6 Å². The fourth-order valence-electron chi connectivity index (χ4n) is 4.51. The second-order valence-electron chi connectivity index (χ2n) is 10.4. The molecule has 192 valence electrons. The number of esters is 1. The molecule has 7 nitrogen and oxygen atoms in total. The Balaban J connectivity index is 2.32. The number of aliphatic hydroxyl groups is 2. The van der Waals surface area contributed by atoms with Crippen LogP contribution < -0.4 is 4.74 Å². The van der Waals surface area contributed by atoms with Gasteiger partial charge >= 0.3 is 11.9 Å². The van der Waals surface area contributed by atoms with Crippen LogP contribution in [0.3, 0.4) is 0 Å². The van der Waals surface area contributed by atoms with E-state index in [0.717, 1.165) is 42.4 Å². The molecule has 3 N–H and O–H groups in total. The van der Waals surface area contributed by atoms with Crippen LogP contribution in [-0.4, -0.2) is 46.1 Å². The number of hydrogen-bond donors (Lipinski definition) is 3. The molecule has 1 aliphatic carbocycles. The summed E-state index contributed by atoms with van der Waals surface area (Å²) in [5.74, 6) is -0.580. The quantitative estimate of drug-likeness (QED) is 0.367. The molecular formula is C27H42O7. The largest absolute Gasteiger partial charge is 0.490 e. The van der Waals surface area contributed by atoms with Gasteiger partial charge in [-0.2, -0.15) is 0 Å². The maximum atomic E-state index is 13.1. The Morgan fingerprint density at radius 2 is 1.74 bits per heavy atom. The van der Waals surface area contributed by atoms with Crippen molar-refractivity contribution in [2.75, 3.05) is 6.61 Å². The maximum absolute atomic E-state index is 13.1. The zero-order valence-corrected chi connectivity index (χ0v) is 21.3. The van der Waals surface area contributed by atoms with Crippen molar-refractivity contribution in [1.29, 1.82) is 0 Å². The van der Waals surface area contributed by atoms with Crippen molar-refractivity contribution >= 4 is 11.9 Å². The molecule has 2 rings (SSSR count). The first-order valence-corrected chi connectivity index (χ1v) is 12.5. The second-order valence-corrected chi connectivity index (χ2v) is 10.4. The molecule has 0 radical (unpaired) electrons. The highest BCUT2D eigenvalue weighted by Crippen LogP contribution is 2.43. The molecule has 1 aromatic carbocycles. The first kappa shape index (κ1) is 28.1. The van der Waals surface area contributed by atoms with Gasteiger partial charge in [0.1, 0.15) is 18.5 Å². The van der Waals surface area contributed by atoms with E-state index in [0.29, 0.717) is 12.2 Å². The number of benzene rings is 1. The molecule has 34 heavy (non-hydrogen) atoms. The van der Waals surface area contributed by atoms with Crippen LogP contribution in [0.15, 0.2) is 12.1 Å². The lowest BCUT2D eigenvalue weighted by Gasteiger charge is -2.34. The van der Waals surface area contributed by atoms with E-state index in [9.17, 15) is 19.8 Å². The molecule has 0 heterocycles. The van der Waals surface area contributed by atoms with Crippen LogP contribution in [0.2, 0.25) is 0 Å². The summed E-state index contributed by atoms with van der Waals surface area (Å²) >= 11 is 0. The van der Waals surface area contributed by atoms with Gasteiger partial charge in [0.2, 0.25) is 0 Å². The number of aliphatic hydroxyl groups excluding tert-OH is 2. The summed E-state index contributed by atoms with van der Waals surface area (Å²) in [7, 11) is 0. The molecule has 0 aromatic heterocycles. The molecule has 1 unspecified atom stereocenters. The van der Waals surface area contributed by atoms with E-state index in [1.165, 1.54) is 6.42 Å². The van der Waals surface area contributed by atoms with E-state index in [2.05, 4.69) is 0 Å². The van der Waals surface area contributed by atoms with Gasteiger partial charge in [0, 0.05) is 17.9 Å². The van der Waals surface area contributed by atoms with Gasteiger partial charge < -0.3 is 24.8 Å². The predicted octanol–water partition coefficient (Wildman–Crippen LogP) is 4.87. The van der Waals surface area contributed by atoms with Crippen molar-refractivity contribution in [3.63, 3.8) is 0 Å². The number of hydrogen-bond acceptors (Lipinski definition) is 6. The number of carbonyl (C=O) groups excluding carboxylic acids is 1. The van der Waals surface area contributed by atoms with Gasteiger partial charge in [-0.25, -0.2) is 0 Å². The van der Waals surface area contributed by atoms with Crippen LogP contribution in [0.25, 0.3) is 0 Å². The van der Waals surface area contributed by atoms with Crippen molar-refractivity contribution in [3.05, 3.63) is 28.8 Å². The smallest absolute Gasteiger partial charge is 0.312 e. The Morgan fingerprint density at radius 3 is 2.32 bits per heavy atom. The first-order valence-electron chi connectivity index (χ1n) is 12.5. The minimum atomic E-state index is -1.15. The summed E-state index contributed by atoms with van der Waals surface area (Å²) in [5, 5.41) is 29.0. The topological polar surface area (TPSA) is 113 Å². The fourth-order valence-corrected chi connectivity index (χ4v) is 4.51. The highest BCUT2D eigenvalue weighted by Gasteiger charge is 2.36. The van der Waals surface area contributed by atoms with Gasteiger partial charge in [-0.05, 0) is 58.6 Å². The third-order valence-electron chi connectivity index (χ3n) is 6.88. The predicted molar refractivity (Wildman–Crippen MR) is 130 cm³/mol. The summed E-state index contributed by atoms with van der Waals surface area (Å²) in [6.45, 7) is 9.58. The zero-order valence-electron chi connectivity index (χ0n) is 21.3. The molecule has 0 aliphatic heterocycles. The Morgan fingerprint density at radius 1 is 1.09 bits per heavy atom. The number of aryl methyl sites for hydroxylation is 2. The Bertz CT molecular complexity index is 827. The van der Waals surface area contributed by atoms with Gasteiger partial charge in [-0.3, -0.25) is 9.59 Å². The SMILES string of the molecule is CCC(C)(C)C(=O)O[C@H](c1cc(C)cc(C)c1OCC(O)C[C@@H](O)CC(=O)O)C1CCCCC1. The van der Waals surface area contributed by atoms with E-state index in [1.54, 1.807) is 0 Å². The molecule has 0 saturated heterocycles. The number of carboxylic acids is 1. The van der Waals surface area contributed by atoms with Crippen LogP contribution in [0.1, 0.15) is 94.9 Å². The van der Waals surface area contributed by atoms with Gasteiger partial charge in [-0.15, -0.1) is 0 Å². The minimum Gasteiger partial charge on any atom is -0.490 e. The van der Waals surface area contributed by atoms with Crippen LogP contribution in [0.4, 0.5) is 0 Å². The summed E-state index contributed by atoms with van der Waals surface area (Å²) in [6, 6.07) is 3.99. The standard InChI is InChI=1S/C27H42O7/c1-6-27(4,5)26(32)34-25(19-10-8-7-9-11-19)22-13-17(2)12-18(3)24(22)33-16-21(29)14-20(28)15-23(30)31/h12-13,19-21,25,28-29H,6-11,14-16H2,1-5H3,(H,30,31)/t20-,21?,25+/m1/s1. The number of carboxylic acid groups (broad SMARTS) is 1. The average molecular weight is 479 g/mol. The maximum Gasteiger partial charge on any atom is 0.312 e. The molecule has 1 aromatic rings. The van der Waals surface area contributed by atoms with Crippen LogP contribution in [0, 0.1) is 25.2 Å². The lowest BCUT2D eigenvalue weighted by atomic mass is 9.81. The molecule has 0 amide bonds. The molecule has 0 spiro atoms. The highest BCUT2D eigenvalue weighted by atomic mass is 16.5. The average Bonchev–Trinajstić information content (AvgIpc) is 2.76. The van der Waals surface area contributed by atoms with Gasteiger partial charge in [0.05, 0.1) is 24.0 Å². The van der Waals surface area contributed by atoms with Crippen molar-refractivity contribution in [2.24, 2.45) is 11.3 Å². The van der Waals surface area contributed by atoms with E-state index < -0.39 is 36.1 Å². The Labute approximate surface area is 203 Å². The number of carbonyl (C=O) groups is 2. The zero-order chi connectivity index (χ0) is 25.5. The van der Waals surface area contributed by atoms with Gasteiger partial charge in [0.25, 0.3) is 0 Å². The molecule has 3 atom stereocenters. The summed E-state index contributed by atoms with van der Waals surface area (Å²) < 4.78 is 12.3. The molecule has 1 saturated carbocycles. The number of rotatable bonds is 12. The summed E-state index contributed by atoms with van der Waals surface area (Å²) in [5.41, 5.74) is 2.12. The van der Waals surface area contributed by atoms with E-state index in [-0.39, 0.29) is 24.9 Å². The third kappa shape index (κ3) is 7.98. The molecule has 1 aliphatic rings. The normalized spacial score (nSPS) is 17.6. The molecule has 7 heteroatoms. The highest BCUT2D eigenvalue weighted by molar-refractivity contribution is 5.76. The lowest BCUT2D eigenvalue weighted by Crippen LogP contribution is -2.31. The minimum absolute atomic E-state index is 0.0979. The molecule has 1 fully saturated rings. The fraction of sp³-hybridized carbons (Fsp3) is 0.704. The molecular weight excluding hydrogens is 436 g/mol. The number of aliphatic carboxylic acids is 1. The number of ether oxygens (including phenoxy) is 2. The van der Waals surface area contributed by atoms with Crippen molar-refractivity contribution in [3.8, 4) is 5.75 Å². The third-order valence-corrected chi connectivity index (χ3v) is 6.88. The van der Waals surface area contributed by atoms with Gasteiger partial charge in [0.15, 0.2) is 0 Å². The summed E-state index contributed by atoms with van der Waals surface area (Å²) in [4.78, 5) is 23.9. The lowest BCUT2D eigenvalue weighted by molar-refractivity contribution is -0.164. The first-order chi connectivity index (χ1) is 15.9.